The van der Waals surface area contributed by atoms with Gasteiger partial charge in [0.05, 0.1) is 12.7 Å². The molecule has 1 unspecified atom stereocenters. The first-order chi connectivity index (χ1) is 7.00. The van der Waals surface area contributed by atoms with Crippen LogP contribution in [-0.2, 0) is 0 Å². The van der Waals surface area contributed by atoms with Crippen molar-refractivity contribution in [2.45, 2.75) is 33.3 Å². The molecule has 0 bridgehead atoms. The van der Waals surface area contributed by atoms with Crippen molar-refractivity contribution in [3.05, 3.63) is 23.3 Å². The maximum absolute atomic E-state index is 9.11. The van der Waals surface area contributed by atoms with Gasteiger partial charge in [0, 0.05) is 12.1 Å². The Labute approximate surface area is 90.9 Å². The van der Waals surface area contributed by atoms with Crippen molar-refractivity contribution in [3.63, 3.8) is 0 Å². The van der Waals surface area contributed by atoms with Gasteiger partial charge in [-0.2, -0.15) is 0 Å². The van der Waals surface area contributed by atoms with Gasteiger partial charge in [-0.05, 0) is 44.0 Å². The Hall–Kier alpha value is -1.22. The molecule has 0 spiro atoms. The van der Waals surface area contributed by atoms with Crippen LogP contribution in [0.25, 0.3) is 0 Å². The summed E-state index contributed by atoms with van der Waals surface area (Å²) in [6.07, 6.45) is 0.322. The van der Waals surface area contributed by atoms with Crippen molar-refractivity contribution >= 4 is 5.69 Å². The van der Waals surface area contributed by atoms with E-state index in [1.54, 1.807) is 6.92 Å². The number of aliphatic hydroxyl groups is 1. The largest absolute Gasteiger partial charge is 0.493 e. The van der Waals surface area contributed by atoms with Crippen LogP contribution in [0.15, 0.2) is 12.1 Å². The number of rotatable bonds is 4. The average molecular weight is 209 g/mol. The van der Waals surface area contributed by atoms with E-state index in [0.717, 1.165) is 22.6 Å². The summed E-state index contributed by atoms with van der Waals surface area (Å²) in [5, 5.41) is 9.11. The number of ether oxygens (including phenoxy) is 1. The van der Waals surface area contributed by atoms with Crippen LogP contribution in [0, 0.1) is 13.8 Å². The molecule has 0 aliphatic heterocycles. The van der Waals surface area contributed by atoms with Crippen LogP contribution in [-0.4, -0.2) is 17.8 Å². The van der Waals surface area contributed by atoms with Gasteiger partial charge in [0.1, 0.15) is 5.75 Å². The van der Waals surface area contributed by atoms with E-state index in [1.165, 1.54) is 0 Å². The highest BCUT2D eigenvalue weighted by molar-refractivity contribution is 5.52. The topological polar surface area (TPSA) is 55.5 Å². The highest BCUT2D eigenvalue weighted by atomic mass is 16.5. The molecule has 1 rings (SSSR count). The normalized spacial score (nSPS) is 12.5. The van der Waals surface area contributed by atoms with Crippen molar-refractivity contribution < 1.29 is 9.84 Å². The molecule has 1 aromatic carbocycles. The van der Waals surface area contributed by atoms with Crippen LogP contribution in [0.1, 0.15) is 24.5 Å². The molecule has 0 aliphatic rings. The summed E-state index contributed by atoms with van der Waals surface area (Å²) >= 11 is 0. The number of aliphatic hydroxyl groups excluding tert-OH is 1. The first-order valence-corrected chi connectivity index (χ1v) is 5.18. The second-order valence-corrected chi connectivity index (χ2v) is 3.97. The van der Waals surface area contributed by atoms with Crippen LogP contribution in [0.2, 0.25) is 0 Å². The molecule has 0 saturated carbocycles. The van der Waals surface area contributed by atoms with Crippen molar-refractivity contribution in [1.82, 2.24) is 0 Å². The maximum atomic E-state index is 9.11. The van der Waals surface area contributed by atoms with E-state index in [4.69, 9.17) is 15.6 Å². The molecule has 1 aromatic rings. The zero-order chi connectivity index (χ0) is 11.4. The Balaban J connectivity index is 2.68. The van der Waals surface area contributed by atoms with E-state index >= 15 is 0 Å². The summed E-state index contributed by atoms with van der Waals surface area (Å²) in [5.41, 5.74) is 8.55. The van der Waals surface area contributed by atoms with Gasteiger partial charge in [-0.25, -0.2) is 0 Å². The number of benzene rings is 1. The van der Waals surface area contributed by atoms with Gasteiger partial charge in [0.25, 0.3) is 0 Å². The van der Waals surface area contributed by atoms with Gasteiger partial charge in [0.2, 0.25) is 0 Å². The van der Waals surface area contributed by atoms with Crippen LogP contribution in [0.3, 0.4) is 0 Å². The number of hydrogen-bond donors (Lipinski definition) is 2. The van der Waals surface area contributed by atoms with Gasteiger partial charge in [0.15, 0.2) is 0 Å². The average Bonchev–Trinajstić information content (AvgIpc) is 2.08. The van der Waals surface area contributed by atoms with E-state index in [9.17, 15) is 0 Å². The fourth-order valence-electron chi connectivity index (χ4n) is 1.54. The SMILES string of the molecule is Cc1cc(N)cc(C)c1OCCC(C)O. The summed E-state index contributed by atoms with van der Waals surface area (Å²) in [5.74, 6) is 0.879. The third-order valence-corrected chi connectivity index (χ3v) is 2.26. The van der Waals surface area contributed by atoms with Crippen LogP contribution in [0.5, 0.6) is 5.75 Å². The van der Waals surface area contributed by atoms with Crippen LogP contribution < -0.4 is 10.5 Å². The summed E-state index contributed by atoms with van der Waals surface area (Å²) in [6, 6.07) is 3.79. The molecule has 84 valence electrons. The fraction of sp³-hybridized carbons (Fsp3) is 0.500. The van der Waals surface area contributed by atoms with Gasteiger partial charge < -0.3 is 15.6 Å². The van der Waals surface area contributed by atoms with Crippen molar-refractivity contribution in [3.8, 4) is 5.75 Å². The fourth-order valence-corrected chi connectivity index (χ4v) is 1.54. The zero-order valence-electron chi connectivity index (χ0n) is 9.58. The molecule has 0 aromatic heterocycles. The zero-order valence-corrected chi connectivity index (χ0v) is 9.58. The number of hydrogen-bond acceptors (Lipinski definition) is 3. The Kier molecular flexibility index (Phi) is 3.97. The second-order valence-electron chi connectivity index (χ2n) is 3.97. The Morgan fingerprint density at radius 2 is 1.87 bits per heavy atom. The lowest BCUT2D eigenvalue weighted by atomic mass is 10.1. The molecule has 1 atom stereocenters. The smallest absolute Gasteiger partial charge is 0.125 e. The summed E-state index contributed by atoms with van der Waals surface area (Å²) in [7, 11) is 0. The minimum atomic E-state index is -0.320. The van der Waals surface area contributed by atoms with Gasteiger partial charge >= 0.3 is 0 Å². The van der Waals surface area contributed by atoms with Crippen molar-refractivity contribution in [2.24, 2.45) is 0 Å². The first-order valence-electron chi connectivity index (χ1n) is 5.18. The molecule has 3 nitrogen and oxygen atoms in total. The summed E-state index contributed by atoms with van der Waals surface area (Å²) < 4.78 is 5.62. The standard InChI is InChI=1S/C12H19NO2/c1-8-6-11(13)7-9(2)12(8)15-5-4-10(3)14/h6-7,10,14H,4-5,13H2,1-3H3. The second kappa shape index (κ2) is 5.03. The lowest BCUT2D eigenvalue weighted by Crippen LogP contribution is -2.08. The lowest BCUT2D eigenvalue weighted by molar-refractivity contribution is 0.155. The molecule has 0 aliphatic carbocycles. The Bertz CT molecular complexity index is 311. The molecular formula is C12H19NO2. The molecule has 0 heterocycles. The number of anilines is 1. The van der Waals surface area contributed by atoms with Crippen molar-refractivity contribution in [1.29, 1.82) is 0 Å². The molecule has 0 fully saturated rings. The molecule has 3 N–H and O–H groups in total. The minimum Gasteiger partial charge on any atom is -0.493 e. The van der Waals surface area contributed by atoms with Crippen molar-refractivity contribution in [2.75, 3.05) is 12.3 Å². The lowest BCUT2D eigenvalue weighted by Gasteiger charge is -2.13. The first kappa shape index (κ1) is 11.9. The Morgan fingerprint density at radius 1 is 1.33 bits per heavy atom. The molecule has 0 amide bonds. The maximum Gasteiger partial charge on any atom is 0.125 e. The van der Waals surface area contributed by atoms with E-state index < -0.39 is 0 Å². The van der Waals surface area contributed by atoms with E-state index in [1.807, 2.05) is 26.0 Å². The highest BCUT2D eigenvalue weighted by Gasteiger charge is 2.05. The van der Waals surface area contributed by atoms with E-state index in [2.05, 4.69) is 0 Å². The van der Waals surface area contributed by atoms with Crippen LogP contribution >= 0.6 is 0 Å². The van der Waals surface area contributed by atoms with E-state index in [0.29, 0.717) is 13.0 Å². The van der Waals surface area contributed by atoms with Gasteiger partial charge in [-0.3, -0.25) is 0 Å². The molecule has 0 saturated heterocycles. The molecular weight excluding hydrogens is 190 g/mol. The molecule has 0 radical (unpaired) electrons. The minimum absolute atomic E-state index is 0.320. The monoisotopic (exact) mass is 209 g/mol. The number of aryl methyl sites for hydroxylation is 2. The highest BCUT2D eigenvalue weighted by Crippen LogP contribution is 2.25. The Morgan fingerprint density at radius 3 is 2.33 bits per heavy atom. The molecule has 15 heavy (non-hydrogen) atoms. The number of nitrogens with two attached hydrogens (primary N) is 1. The predicted octanol–water partition coefficient (Wildman–Crippen LogP) is 2.04. The molecule has 3 heteroatoms. The quantitative estimate of drug-likeness (QED) is 0.746. The third-order valence-electron chi connectivity index (χ3n) is 2.26. The predicted molar refractivity (Wildman–Crippen MR) is 62.1 cm³/mol. The number of nitrogen functional groups attached to an aromatic ring is 1. The summed E-state index contributed by atoms with van der Waals surface area (Å²) in [6.45, 7) is 6.23. The summed E-state index contributed by atoms with van der Waals surface area (Å²) in [4.78, 5) is 0. The van der Waals surface area contributed by atoms with Gasteiger partial charge in [-0.1, -0.05) is 0 Å². The van der Waals surface area contributed by atoms with E-state index in [-0.39, 0.29) is 6.10 Å². The van der Waals surface area contributed by atoms with Gasteiger partial charge in [-0.15, -0.1) is 0 Å². The van der Waals surface area contributed by atoms with Crippen LogP contribution in [0.4, 0.5) is 5.69 Å². The third kappa shape index (κ3) is 3.44.